The van der Waals surface area contributed by atoms with Crippen molar-refractivity contribution in [1.82, 2.24) is 9.55 Å². The molecule has 2 aromatic heterocycles. The summed E-state index contributed by atoms with van der Waals surface area (Å²) in [4.78, 5) is 15.8. The van der Waals surface area contributed by atoms with Crippen molar-refractivity contribution in [2.45, 2.75) is 6.92 Å². The fraction of sp³-hybridized carbons (Fsp3) is 0.0769. The molecule has 20 heavy (non-hydrogen) atoms. The van der Waals surface area contributed by atoms with Gasteiger partial charge < -0.3 is 4.98 Å². The zero-order valence-electron chi connectivity index (χ0n) is 10.2. The summed E-state index contributed by atoms with van der Waals surface area (Å²) in [5.74, 6) is -1.62. The summed E-state index contributed by atoms with van der Waals surface area (Å²) in [5.41, 5.74) is -0.731. The number of halogens is 2. The maximum absolute atomic E-state index is 14.2. The molecular weight excluding hydrogens is 302 g/mol. The van der Waals surface area contributed by atoms with Crippen LogP contribution in [0.1, 0.15) is 5.56 Å². The van der Waals surface area contributed by atoms with Crippen LogP contribution in [0.25, 0.3) is 15.9 Å². The molecule has 3 rings (SSSR count). The van der Waals surface area contributed by atoms with Gasteiger partial charge in [-0.3, -0.25) is 4.79 Å². The van der Waals surface area contributed by atoms with Crippen LogP contribution in [0.3, 0.4) is 0 Å². The van der Waals surface area contributed by atoms with Gasteiger partial charge in [0.2, 0.25) is 0 Å². The summed E-state index contributed by atoms with van der Waals surface area (Å²) >= 11 is 6.37. The SMILES string of the molecule is Cc1ccc(F)c(-n2c(=S)[nH]c3sccc3c2=O)c1F. The van der Waals surface area contributed by atoms with Crippen molar-refractivity contribution in [2.75, 3.05) is 0 Å². The number of nitrogens with zero attached hydrogens (tertiary/aromatic N) is 1. The van der Waals surface area contributed by atoms with Gasteiger partial charge in [0.05, 0.1) is 5.39 Å². The van der Waals surface area contributed by atoms with Crippen molar-refractivity contribution in [3.8, 4) is 5.69 Å². The molecule has 0 amide bonds. The normalized spacial score (nSPS) is 11.2. The van der Waals surface area contributed by atoms with E-state index in [9.17, 15) is 13.6 Å². The molecule has 0 aliphatic rings. The van der Waals surface area contributed by atoms with Gasteiger partial charge >= 0.3 is 0 Å². The second kappa shape index (κ2) is 4.60. The summed E-state index contributed by atoms with van der Waals surface area (Å²) < 4.78 is 29.0. The number of rotatable bonds is 1. The Balaban J connectivity index is 2.51. The van der Waals surface area contributed by atoms with Crippen LogP contribution in [0.5, 0.6) is 0 Å². The first kappa shape index (κ1) is 13.1. The molecule has 0 fully saturated rings. The Kier molecular flexibility index (Phi) is 3.02. The molecule has 0 spiro atoms. The van der Waals surface area contributed by atoms with E-state index in [0.717, 1.165) is 10.6 Å². The molecule has 3 aromatic rings. The summed E-state index contributed by atoms with van der Waals surface area (Å²) in [6.07, 6.45) is 0. The molecule has 102 valence electrons. The van der Waals surface area contributed by atoms with Gasteiger partial charge in [-0.15, -0.1) is 11.3 Å². The molecule has 0 aliphatic carbocycles. The van der Waals surface area contributed by atoms with E-state index in [0.29, 0.717) is 10.2 Å². The van der Waals surface area contributed by atoms with Gasteiger partial charge in [-0.25, -0.2) is 13.3 Å². The predicted molar refractivity (Wildman–Crippen MR) is 77.3 cm³/mol. The quantitative estimate of drug-likeness (QED) is 0.696. The minimum atomic E-state index is -0.829. The van der Waals surface area contributed by atoms with Crippen LogP contribution in [0.2, 0.25) is 0 Å². The minimum absolute atomic E-state index is 0.0339. The van der Waals surface area contributed by atoms with Crippen molar-refractivity contribution in [3.05, 3.63) is 55.9 Å². The van der Waals surface area contributed by atoms with Crippen LogP contribution in [-0.2, 0) is 0 Å². The molecule has 1 N–H and O–H groups in total. The number of benzene rings is 1. The summed E-state index contributed by atoms with van der Waals surface area (Å²) in [6.45, 7) is 1.50. The molecule has 0 saturated heterocycles. The summed E-state index contributed by atoms with van der Waals surface area (Å²) in [7, 11) is 0. The molecule has 0 atom stereocenters. The highest BCUT2D eigenvalue weighted by molar-refractivity contribution is 7.71. The Bertz CT molecular complexity index is 940. The van der Waals surface area contributed by atoms with Gasteiger partial charge in [0.1, 0.15) is 16.3 Å². The van der Waals surface area contributed by atoms with Crippen LogP contribution in [-0.4, -0.2) is 9.55 Å². The van der Waals surface area contributed by atoms with Crippen LogP contribution in [0, 0.1) is 23.3 Å². The number of aromatic nitrogens is 2. The highest BCUT2D eigenvalue weighted by Crippen LogP contribution is 2.21. The average molecular weight is 310 g/mol. The first-order valence-electron chi connectivity index (χ1n) is 5.68. The number of aryl methyl sites for hydroxylation is 1. The number of hydrogen-bond acceptors (Lipinski definition) is 3. The predicted octanol–water partition coefficient (Wildman–Crippen LogP) is 3.70. The van der Waals surface area contributed by atoms with Crippen LogP contribution >= 0.6 is 23.6 Å². The van der Waals surface area contributed by atoms with Crippen LogP contribution < -0.4 is 5.56 Å². The lowest BCUT2D eigenvalue weighted by Gasteiger charge is -2.10. The van der Waals surface area contributed by atoms with Gasteiger partial charge in [-0.1, -0.05) is 6.07 Å². The lowest BCUT2D eigenvalue weighted by Crippen LogP contribution is -2.22. The molecule has 0 radical (unpaired) electrons. The van der Waals surface area contributed by atoms with E-state index >= 15 is 0 Å². The monoisotopic (exact) mass is 310 g/mol. The zero-order chi connectivity index (χ0) is 14.4. The van der Waals surface area contributed by atoms with E-state index in [1.807, 2.05) is 0 Å². The Morgan fingerprint density at radius 3 is 2.80 bits per heavy atom. The van der Waals surface area contributed by atoms with Crippen molar-refractivity contribution in [2.24, 2.45) is 0 Å². The molecule has 7 heteroatoms. The Morgan fingerprint density at radius 1 is 1.30 bits per heavy atom. The molecule has 3 nitrogen and oxygen atoms in total. The first-order valence-corrected chi connectivity index (χ1v) is 6.97. The second-order valence-corrected chi connectivity index (χ2v) is 5.56. The van der Waals surface area contributed by atoms with E-state index in [4.69, 9.17) is 12.2 Å². The van der Waals surface area contributed by atoms with Crippen LogP contribution in [0.15, 0.2) is 28.4 Å². The zero-order valence-corrected chi connectivity index (χ0v) is 11.9. The van der Waals surface area contributed by atoms with Gasteiger partial charge in [-0.2, -0.15) is 0 Å². The van der Waals surface area contributed by atoms with E-state index in [1.165, 1.54) is 24.3 Å². The van der Waals surface area contributed by atoms with E-state index in [2.05, 4.69) is 4.98 Å². The maximum Gasteiger partial charge on any atom is 0.267 e. The molecule has 1 aromatic carbocycles. The third-order valence-electron chi connectivity index (χ3n) is 3.01. The highest BCUT2D eigenvalue weighted by Gasteiger charge is 2.17. The third kappa shape index (κ3) is 1.82. The van der Waals surface area contributed by atoms with Gasteiger partial charge in [0, 0.05) is 0 Å². The summed E-state index contributed by atoms with van der Waals surface area (Å²) in [5, 5.41) is 2.06. The van der Waals surface area contributed by atoms with Gasteiger partial charge in [0.15, 0.2) is 10.6 Å². The third-order valence-corrected chi connectivity index (χ3v) is 4.12. The number of nitrogens with one attached hydrogen (secondary N) is 1. The van der Waals surface area contributed by atoms with E-state index in [-0.39, 0.29) is 10.3 Å². The lowest BCUT2D eigenvalue weighted by molar-refractivity contribution is 0.559. The lowest BCUT2D eigenvalue weighted by atomic mass is 10.2. The topological polar surface area (TPSA) is 37.8 Å². The molecular formula is C13H8F2N2OS2. The standard InChI is InChI=1S/C13H8F2N2OS2/c1-6-2-3-8(14)10(9(6)15)17-12(18)7-4-5-20-11(7)16-13(17)19/h2-5H,1H3,(H,16,19). The van der Waals surface area contributed by atoms with Crippen molar-refractivity contribution >= 4 is 33.8 Å². The molecule has 0 saturated carbocycles. The highest BCUT2D eigenvalue weighted by atomic mass is 32.1. The van der Waals surface area contributed by atoms with Gasteiger partial charge in [0.25, 0.3) is 5.56 Å². The first-order chi connectivity index (χ1) is 9.50. The number of hydrogen-bond donors (Lipinski definition) is 1. The Morgan fingerprint density at radius 2 is 2.05 bits per heavy atom. The minimum Gasteiger partial charge on any atom is -0.323 e. The largest absolute Gasteiger partial charge is 0.323 e. The molecule has 0 unspecified atom stereocenters. The molecule has 2 heterocycles. The number of aromatic amines is 1. The fourth-order valence-corrected chi connectivity index (χ4v) is 3.11. The van der Waals surface area contributed by atoms with Crippen molar-refractivity contribution < 1.29 is 8.78 Å². The molecule has 0 bridgehead atoms. The van der Waals surface area contributed by atoms with Gasteiger partial charge in [-0.05, 0) is 42.2 Å². The Hall–Kier alpha value is -1.86. The van der Waals surface area contributed by atoms with E-state index in [1.54, 1.807) is 11.4 Å². The van der Waals surface area contributed by atoms with Crippen molar-refractivity contribution in [3.63, 3.8) is 0 Å². The molecule has 0 aliphatic heterocycles. The van der Waals surface area contributed by atoms with Crippen molar-refractivity contribution in [1.29, 1.82) is 0 Å². The average Bonchev–Trinajstić information content (AvgIpc) is 2.86. The Labute approximate surface area is 121 Å². The number of H-pyrrole nitrogens is 1. The number of fused-ring (bicyclic) bond motifs is 1. The maximum atomic E-state index is 14.2. The van der Waals surface area contributed by atoms with Crippen LogP contribution in [0.4, 0.5) is 8.78 Å². The number of thiophene rings is 1. The fourth-order valence-electron chi connectivity index (χ4n) is 1.99. The van der Waals surface area contributed by atoms with E-state index < -0.39 is 22.9 Å². The smallest absolute Gasteiger partial charge is 0.267 e. The summed E-state index contributed by atoms with van der Waals surface area (Å²) in [6, 6.07) is 4.03. The second-order valence-electron chi connectivity index (χ2n) is 4.26.